The van der Waals surface area contributed by atoms with Gasteiger partial charge in [0.1, 0.15) is 17.3 Å². The number of hydrogen-bond donors (Lipinski definition) is 1. The fourth-order valence-corrected chi connectivity index (χ4v) is 2.04. The monoisotopic (exact) mass is 357 g/mol. The lowest BCUT2D eigenvalue weighted by Crippen LogP contribution is -2.09. The first-order valence-electron chi connectivity index (χ1n) is 5.55. The highest BCUT2D eigenvalue weighted by atomic mass is 127. The summed E-state index contributed by atoms with van der Waals surface area (Å²) in [6, 6.07) is 11.9. The lowest BCUT2D eigenvalue weighted by atomic mass is 10.1. The fourth-order valence-electron chi connectivity index (χ4n) is 1.68. The number of halogens is 2. The van der Waals surface area contributed by atoms with E-state index in [1.807, 2.05) is 24.3 Å². The van der Waals surface area contributed by atoms with Crippen molar-refractivity contribution < 1.29 is 9.13 Å². The Morgan fingerprint density at radius 1 is 1.17 bits per heavy atom. The summed E-state index contributed by atoms with van der Waals surface area (Å²) in [5.74, 6) is 0.794. The van der Waals surface area contributed by atoms with Gasteiger partial charge in [-0.3, -0.25) is 0 Å². The van der Waals surface area contributed by atoms with Crippen LogP contribution < -0.4 is 10.5 Å². The van der Waals surface area contributed by atoms with E-state index < -0.39 is 6.04 Å². The topological polar surface area (TPSA) is 35.2 Å². The van der Waals surface area contributed by atoms with Crippen LogP contribution in [0.2, 0.25) is 0 Å². The average molecular weight is 357 g/mol. The summed E-state index contributed by atoms with van der Waals surface area (Å²) in [4.78, 5) is 0. The standard InChI is InChI=1S/C14H13FINO/c1-9(17)14-12(15)3-2-4-13(14)18-11-7-5-10(16)6-8-11/h2-9H,17H2,1H3. The largest absolute Gasteiger partial charge is 0.457 e. The van der Waals surface area contributed by atoms with Crippen molar-refractivity contribution in [3.63, 3.8) is 0 Å². The zero-order valence-electron chi connectivity index (χ0n) is 9.86. The van der Waals surface area contributed by atoms with Gasteiger partial charge in [-0.2, -0.15) is 0 Å². The lowest BCUT2D eigenvalue weighted by molar-refractivity contribution is 0.461. The molecule has 0 spiro atoms. The Morgan fingerprint density at radius 3 is 2.44 bits per heavy atom. The predicted octanol–water partition coefficient (Wildman–Crippen LogP) is 4.24. The van der Waals surface area contributed by atoms with Gasteiger partial charge < -0.3 is 10.5 Å². The van der Waals surface area contributed by atoms with Crippen molar-refractivity contribution in [3.05, 3.63) is 57.4 Å². The van der Waals surface area contributed by atoms with Crippen molar-refractivity contribution in [3.8, 4) is 11.5 Å². The van der Waals surface area contributed by atoms with Crippen LogP contribution in [-0.2, 0) is 0 Å². The average Bonchev–Trinajstić information content (AvgIpc) is 2.32. The van der Waals surface area contributed by atoms with Crippen LogP contribution in [0.1, 0.15) is 18.5 Å². The van der Waals surface area contributed by atoms with E-state index in [9.17, 15) is 4.39 Å². The van der Waals surface area contributed by atoms with Crippen molar-refractivity contribution >= 4 is 22.6 Å². The van der Waals surface area contributed by atoms with E-state index >= 15 is 0 Å². The van der Waals surface area contributed by atoms with E-state index in [4.69, 9.17) is 10.5 Å². The molecule has 2 aromatic rings. The Bertz CT molecular complexity index is 540. The third-order valence-electron chi connectivity index (χ3n) is 2.51. The molecule has 0 heterocycles. The summed E-state index contributed by atoms with van der Waals surface area (Å²) in [5.41, 5.74) is 6.17. The van der Waals surface area contributed by atoms with Gasteiger partial charge in [0.15, 0.2) is 0 Å². The van der Waals surface area contributed by atoms with Crippen LogP contribution in [0.3, 0.4) is 0 Å². The fraction of sp³-hybridized carbons (Fsp3) is 0.143. The minimum atomic E-state index is -0.412. The molecule has 2 aromatic carbocycles. The van der Waals surface area contributed by atoms with Crippen molar-refractivity contribution in [1.29, 1.82) is 0 Å². The molecule has 0 amide bonds. The first-order valence-corrected chi connectivity index (χ1v) is 6.63. The molecule has 0 radical (unpaired) electrons. The molecule has 0 saturated carbocycles. The molecule has 0 aliphatic rings. The molecule has 0 bridgehead atoms. The van der Waals surface area contributed by atoms with Gasteiger partial charge in [0.2, 0.25) is 0 Å². The molecule has 1 unspecified atom stereocenters. The SMILES string of the molecule is CC(N)c1c(F)cccc1Oc1ccc(I)cc1. The maximum Gasteiger partial charge on any atom is 0.135 e. The molecular formula is C14H13FINO. The molecule has 94 valence electrons. The van der Waals surface area contributed by atoms with Gasteiger partial charge in [0.05, 0.1) is 0 Å². The minimum Gasteiger partial charge on any atom is -0.457 e. The molecule has 1 atom stereocenters. The summed E-state index contributed by atoms with van der Waals surface area (Å²) >= 11 is 2.21. The van der Waals surface area contributed by atoms with E-state index in [1.165, 1.54) is 6.07 Å². The lowest BCUT2D eigenvalue weighted by Gasteiger charge is -2.14. The minimum absolute atomic E-state index is 0.340. The second-order valence-corrected chi connectivity index (χ2v) is 5.24. The maximum atomic E-state index is 13.7. The third kappa shape index (κ3) is 3.00. The Labute approximate surface area is 119 Å². The van der Waals surface area contributed by atoms with Gasteiger partial charge >= 0.3 is 0 Å². The molecule has 2 rings (SSSR count). The van der Waals surface area contributed by atoms with Crippen LogP contribution in [0.15, 0.2) is 42.5 Å². The normalized spacial score (nSPS) is 12.2. The van der Waals surface area contributed by atoms with E-state index in [0.717, 1.165) is 3.57 Å². The van der Waals surface area contributed by atoms with Gasteiger partial charge in [-0.05, 0) is 65.9 Å². The number of rotatable bonds is 3. The van der Waals surface area contributed by atoms with Crippen LogP contribution >= 0.6 is 22.6 Å². The van der Waals surface area contributed by atoms with Gasteiger partial charge in [-0.15, -0.1) is 0 Å². The van der Waals surface area contributed by atoms with Crippen LogP contribution in [0.5, 0.6) is 11.5 Å². The summed E-state index contributed by atoms with van der Waals surface area (Å²) in [6.07, 6.45) is 0. The smallest absolute Gasteiger partial charge is 0.135 e. The second-order valence-electron chi connectivity index (χ2n) is 4.00. The summed E-state index contributed by atoms with van der Waals surface area (Å²) in [6.45, 7) is 1.74. The zero-order chi connectivity index (χ0) is 13.1. The number of ether oxygens (including phenoxy) is 1. The number of hydrogen-bond acceptors (Lipinski definition) is 2. The van der Waals surface area contributed by atoms with Crippen molar-refractivity contribution in [2.75, 3.05) is 0 Å². The van der Waals surface area contributed by atoms with Crippen LogP contribution in [0.25, 0.3) is 0 Å². The summed E-state index contributed by atoms with van der Waals surface area (Å²) in [7, 11) is 0. The van der Waals surface area contributed by atoms with E-state index in [2.05, 4.69) is 22.6 Å². The molecule has 0 aliphatic heterocycles. The van der Waals surface area contributed by atoms with Crippen molar-refractivity contribution in [1.82, 2.24) is 0 Å². The molecule has 2 nitrogen and oxygen atoms in total. The Kier molecular flexibility index (Phi) is 4.19. The highest BCUT2D eigenvalue weighted by Gasteiger charge is 2.14. The van der Waals surface area contributed by atoms with Gasteiger partial charge in [-0.1, -0.05) is 6.07 Å². The Balaban J connectivity index is 2.34. The molecule has 18 heavy (non-hydrogen) atoms. The summed E-state index contributed by atoms with van der Waals surface area (Å²) < 4.78 is 20.5. The number of nitrogens with two attached hydrogens (primary N) is 1. The van der Waals surface area contributed by atoms with E-state index in [0.29, 0.717) is 17.1 Å². The maximum absolute atomic E-state index is 13.7. The van der Waals surface area contributed by atoms with Gasteiger partial charge in [0.25, 0.3) is 0 Å². The molecular weight excluding hydrogens is 344 g/mol. The number of benzene rings is 2. The van der Waals surface area contributed by atoms with Crippen LogP contribution in [0, 0.1) is 9.39 Å². The zero-order valence-corrected chi connectivity index (χ0v) is 12.0. The second kappa shape index (κ2) is 5.67. The van der Waals surface area contributed by atoms with Crippen LogP contribution in [-0.4, -0.2) is 0 Å². The molecule has 0 aliphatic carbocycles. The molecule has 0 aromatic heterocycles. The molecule has 0 fully saturated rings. The van der Waals surface area contributed by atoms with Crippen molar-refractivity contribution in [2.45, 2.75) is 13.0 Å². The Hall–Kier alpha value is -1.14. The van der Waals surface area contributed by atoms with E-state index in [1.54, 1.807) is 19.1 Å². The molecule has 0 saturated heterocycles. The Morgan fingerprint density at radius 2 is 1.83 bits per heavy atom. The highest BCUT2D eigenvalue weighted by molar-refractivity contribution is 14.1. The first kappa shape index (κ1) is 13.3. The van der Waals surface area contributed by atoms with Gasteiger partial charge in [-0.25, -0.2) is 4.39 Å². The van der Waals surface area contributed by atoms with Crippen LogP contribution in [0.4, 0.5) is 4.39 Å². The highest BCUT2D eigenvalue weighted by Crippen LogP contribution is 2.30. The van der Waals surface area contributed by atoms with Crippen molar-refractivity contribution in [2.24, 2.45) is 5.73 Å². The molecule has 2 N–H and O–H groups in total. The molecule has 4 heteroatoms. The quantitative estimate of drug-likeness (QED) is 0.834. The first-order chi connectivity index (χ1) is 8.58. The van der Waals surface area contributed by atoms with Gasteiger partial charge in [0, 0.05) is 15.2 Å². The summed E-state index contributed by atoms with van der Waals surface area (Å²) in [5, 5.41) is 0. The predicted molar refractivity (Wildman–Crippen MR) is 78.2 cm³/mol. The third-order valence-corrected chi connectivity index (χ3v) is 3.23. The van der Waals surface area contributed by atoms with E-state index in [-0.39, 0.29) is 5.82 Å².